The number of benzene rings is 1. The second kappa shape index (κ2) is 5.08. The topological polar surface area (TPSA) is 50.4 Å². The summed E-state index contributed by atoms with van der Waals surface area (Å²) < 4.78 is 5.27. The van der Waals surface area contributed by atoms with Crippen molar-refractivity contribution in [1.29, 1.82) is 0 Å². The van der Waals surface area contributed by atoms with E-state index in [-0.39, 0.29) is 18.0 Å². The smallest absolute Gasteiger partial charge is 0.237 e. The third kappa shape index (κ3) is 2.40. The first-order chi connectivity index (χ1) is 8.83. The van der Waals surface area contributed by atoms with Crippen molar-refractivity contribution >= 4 is 5.91 Å². The van der Waals surface area contributed by atoms with E-state index in [1.807, 2.05) is 12.1 Å². The van der Waals surface area contributed by atoms with Gasteiger partial charge in [-0.2, -0.15) is 0 Å². The number of fused-ring (bicyclic) bond motifs is 1. The van der Waals surface area contributed by atoms with E-state index in [1.165, 1.54) is 11.1 Å². The second-order valence-corrected chi connectivity index (χ2v) is 4.98. The lowest BCUT2D eigenvalue weighted by Gasteiger charge is -2.26. The molecule has 0 radical (unpaired) electrons. The minimum absolute atomic E-state index is 0.0972. The number of ether oxygens (including phenoxy) is 1. The molecule has 4 nitrogen and oxygen atoms in total. The standard InChI is InChI=1S/C14H18N2O2/c17-14(16-12-5-6-18-9-12)13-7-10-3-1-2-4-11(10)8-15-13/h1-4,12-13,15H,5-9H2,(H,16,17)/t12?,13-/m0/s1. The van der Waals surface area contributed by atoms with Crippen molar-refractivity contribution in [3.05, 3.63) is 35.4 Å². The van der Waals surface area contributed by atoms with Crippen LogP contribution in [0.5, 0.6) is 0 Å². The predicted molar refractivity (Wildman–Crippen MR) is 68.1 cm³/mol. The fourth-order valence-electron chi connectivity index (χ4n) is 2.59. The van der Waals surface area contributed by atoms with Crippen molar-refractivity contribution in [3.63, 3.8) is 0 Å². The maximum Gasteiger partial charge on any atom is 0.237 e. The van der Waals surface area contributed by atoms with Crippen LogP contribution in [-0.2, 0) is 22.5 Å². The van der Waals surface area contributed by atoms with Crippen molar-refractivity contribution in [2.45, 2.75) is 31.5 Å². The molecule has 1 fully saturated rings. The summed E-state index contributed by atoms with van der Waals surface area (Å²) in [5.74, 6) is 0.0972. The highest BCUT2D eigenvalue weighted by Crippen LogP contribution is 2.16. The molecule has 2 atom stereocenters. The van der Waals surface area contributed by atoms with Gasteiger partial charge < -0.3 is 15.4 Å². The van der Waals surface area contributed by atoms with Crippen LogP contribution in [0.2, 0.25) is 0 Å². The SMILES string of the molecule is O=C(NC1CCOC1)[C@@H]1Cc2ccccc2CN1. The molecule has 0 aliphatic carbocycles. The molecule has 1 unspecified atom stereocenters. The summed E-state index contributed by atoms with van der Waals surface area (Å²) in [6, 6.07) is 8.37. The minimum Gasteiger partial charge on any atom is -0.379 e. The Labute approximate surface area is 107 Å². The van der Waals surface area contributed by atoms with Crippen LogP contribution in [0.25, 0.3) is 0 Å². The van der Waals surface area contributed by atoms with Gasteiger partial charge in [0.05, 0.1) is 18.7 Å². The van der Waals surface area contributed by atoms with Crippen molar-refractivity contribution in [2.75, 3.05) is 13.2 Å². The first kappa shape index (κ1) is 11.7. The van der Waals surface area contributed by atoms with Gasteiger partial charge in [-0.15, -0.1) is 0 Å². The highest BCUT2D eigenvalue weighted by molar-refractivity contribution is 5.82. The molecule has 1 saturated heterocycles. The summed E-state index contributed by atoms with van der Waals surface area (Å²) in [6.45, 7) is 2.18. The number of nitrogens with one attached hydrogen (secondary N) is 2. The van der Waals surface area contributed by atoms with Gasteiger partial charge in [0.2, 0.25) is 5.91 Å². The van der Waals surface area contributed by atoms with Crippen molar-refractivity contribution in [2.24, 2.45) is 0 Å². The highest BCUT2D eigenvalue weighted by atomic mass is 16.5. The molecule has 96 valence electrons. The summed E-state index contributed by atoms with van der Waals surface area (Å²) in [4.78, 5) is 12.1. The number of hydrogen-bond acceptors (Lipinski definition) is 3. The Morgan fingerprint density at radius 3 is 2.94 bits per heavy atom. The molecule has 2 aliphatic rings. The van der Waals surface area contributed by atoms with E-state index >= 15 is 0 Å². The van der Waals surface area contributed by atoms with E-state index in [9.17, 15) is 4.79 Å². The van der Waals surface area contributed by atoms with E-state index in [0.717, 1.165) is 26.0 Å². The number of hydrogen-bond donors (Lipinski definition) is 2. The zero-order valence-electron chi connectivity index (χ0n) is 10.3. The van der Waals surface area contributed by atoms with Crippen LogP contribution in [0, 0.1) is 0 Å². The van der Waals surface area contributed by atoms with E-state index in [2.05, 4.69) is 22.8 Å². The molecule has 0 saturated carbocycles. The average molecular weight is 246 g/mol. The molecular weight excluding hydrogens is 228 g/mol. The Balaban J connectivity index is 1.62. The quantitative estimate of drug-likeness (QED) is 0.803. The molecule has 2 N–H and O–H groups in total. The first-order valence-corrected chi connectivity index (χ1v) is 6.51. The summed E-state index contributed by atoms with van der Waals surface area (Å²) >= 11 is 0. The lowest BCUT2D eigenvalue weighted by atomic mass is 9.95. The molecule has 0 aromatic heterocycles. The molecular formula is C14H18N2O2. The Morgan fingerprint density at radius 1 is 1.33 bits per heavy atom. The number of carbonyl (C=O) groups is 1. The Hall–Kier alpha value is -1.39. The van der Waals surface area contributed by atoms with Crippen LogP contribution in [0.15, 0.2) is 24.3 Å². The van der Waals surface area contributed by atoms with Gasteiger partial charge in [-0.05, 0) is 24.0 Å². The van der Waals surface area contributed by atoms with Crippen molar-refractivity contribution < 1.29 is 9.53 Å². The van der Waals surface area contributed by atoms with E-state index < -0.39 is 0 Å². The number of carbonyl (C=O) groups excluding carboxylic acids is 1. The van der Waals surface area contributed by atoms with E-state index in [1.54, 1.807) is 0 Å². The largest absolute Gasteiger partial charge is 0.379 e. The van der Waals surface area contributed by atoms with Crippen LogP contribution in [-0.4, -0.2) is 31.2 Å². The maximum atomic E-state index is 12.1. The molecule has 3 rings (SSSR count). The molecule has 2 heterocycles. The van der Waals surface area contributed by atoms with Gasteiger partial charge in [-0.3, -0.25) is 4.79 Å². The summed E-state index contributed by atoms with van der Waals surface area (Å²) in [5, 5.41) is 6.35. The molecule has 18 heavy (non-hydrogen) atoms. The van der Waals surface area contributed by atoms with Crippen LogP contribution >= 0.6 is 0 Å². The zero-order chi connectivity index (χ0) is 12.4. The van der Waals surface area contributed by atoms with Crippen LogP contribution in [0.3, 0.4) is 0 Å². The van der Waals surface area contributed by atoms with Crippen LogP contribution < -0.4 is 10.6 Å². The molecule has 0 spiro atoms. The third-order valence-electron chi connectivity index (χ3n) is 3.67. The highest BCUT2D eigenvalue weighted by Gasteiger charge is 2.26. The molecule has 1 aromatic carbocycles. The summed E-state index contributed by atoms with van der Waals surface area (Å²) in [7, 11) is 0. The minimum atomic E-state index is -0.111. The Kier molecular flexibility index (Phi) is 3.30. The predicted octanol–water partition coefficient (Wildman–Crippen LogP) is 0.606. The lowest BCUT2D eigenvalue weighted by Crippen LogP contribution is -2.50. The first-order valence-electron chi connectivity index (χ1n) is 6.51. The van der Waals surface area contributed by atoms with Gasteiger partial charge in [-0.1, -0.05) is 24.3 Å². The molecule has 1 amide bonds. The van der Waals surface area contributed by atoms with E-state index in [4.69, 9.17) is 4.74 Å². The zero-order valence-corrected chi connectivity index (χ0v) is 10.3. The number of amides is 1. The fourth-order valence-corrected chi connectivity index (χ4v) is 2.59. The third-order valence-corrected chi connectivity index (χ3v) is 3.67. The molecule has 2 aliphatic heterocycles. The molecule has 1 aromatic rings. The summed E-state index contributed by atoms with van der Waals surface area (Å²) in [5.41, 5.74) is 2.57. The summed E-state index contributed by atoms with van der Waals surface area (Å²) in [6.07, 6.45) is 1.70. The van der Waals surface area contributed by atoms with Gasteiger partial charge in [0, 0.05) is 13.2 Å². The van der Waals surface area contributed by atoms with Crippen molar-refractivity contribution in [1.82, 2.24) is 10.6 Å². The van der Waals surface area contributed by atoms with Crippen LogP contribution in [0.4, 0.5) is 0 Å². The van der Waals surface area contributed by atoms with Crippen molar-refractivity contribution in [3.8, 4) is 0 Å². The molecule has 0 bridgehead atoms. The van der Waals surface area contributed by atoms with Crippen LogP contribution in [0.1, 0.15) is 17.5 Å². The Morgan fingerprint density at radius 2 is 2.17 bits per heavy atom. The van der Waals surface area contributed by atoms with Gasteiger partial charge in [0.25, 0.3) is 0 Å². The van der Waals surface area contributed by atoms with Gasteiger partial charge in [0.15, 0.2) is 0 Å². The molecule has 4 heteroatoms. The monoisotopic (exact) mass is 246 g/mol. The number of rotatable bonds is 2. The average Bonchev–Trinajstić information content (AvgIpc) is 2.91. The van der Waals surface area contributed by atoms with Gasteiger partial charge in [0.1, 0.15) is 0 Å². The normalized spacial score (nSPS) is 26.7. The Bertz CT molecular complexity index is 441. The van der Waals surface area contributed by atoms with Gasteiger partial charge in [-0.25, -0.2) is 0 Å². The second-order valence-electron chi connectivity index (χ2n) is 4.98. The van der Waals surface area contributed by atoms with E-state index in [0.29, 0.717) is 6.61 Å². The van der Waals surface area contributed by atoms with Gasteiger partial charge >= 0.3 is 0 Å². The lowest BCUT2D eigenvalue weighted by molar-refractivity contribution is -0.124. The maximum absolute atomic E-state index is 12.1. The fraction of sp³-hybridized carbons (Fsp3) is 0.500.